The fourth-order valence-corrected chi connectivity index (χ4v) is 3.38. The van der Waals surface area contributed by atoms with Crippen LogP contribution in [0, 0.1) is 0 Å². The molecule has 4 rings (SSSR count). The van der Waals surface area contributed by atoms with E-state index in [4.69, 9.17) is 14.5 Å². The summed E-state index contributed by atoms with van der Waals surface area (Å²) in [4.78, 5) is 17.4. The van der Waals surface area contributed by atoms with Crippen molar-refractivity contribution >= 4 is 11.7 Å². The van der Waals surface area contributed by atoms with Gasteiger partial charge in [-0.1, -0.05) is 48.5 Å². The number of rotatable bonds is 4. The van der Waals surface area contributed by atoms with Crippen LogP contribution in [0.3, 0.4) is 0 Å². The van der Waals surface area contributed by atoms with Gasteiger partial charge in [0.05, 0.1) is 20.3 Å². The quantitative estimate of drug-likeness (QED) is 0.909. The lowest BCUT2D eigenvalue weighted by atomic mass is 9.94. The first-order chi connectivity index (χ1) is 13.2. The molecule has 0 aromatic heterocycles. The lowest BCUT2D eigenvalue weighted by Gasteiger charge is -2.28. The maximum atomic E-state index is 12.6. The highest BCUT2D eigenvalue weighted by molar-refractivity contribution is 6.15. The minimum absolute atomic E-state index is 0.153. The SMILES string of the molecule is COC1=C(OC)CC2N=C(c3cccc(-c4ccccc4)c3)NC(=O)C2=C1. The van der Waals surface area contributed by atoms with E-state index >= 15 is 0 Å². The molecule has 0 radical (unpaired) electrons. The molecular weight excluding hydrogens is 340 g/mol. The fraction of sp³-hybridized carbons (Fsp3) is 0.182. The summed E-state index contributed by atoms with van der Waals surface area (Å²) in [6, 6.07) is 17.9. The van der Waals surface area contributed by atoms with Gasteiger partial charge in [0.25, 0.3) is 5.91 Å². The Balaban J connectivity index is 1.69. The average molecular weight is 360 g/mol. The molecule has 0 saturated carbocycles. The number of carbonyl (C=O) groups excluding carboxylic acids is 1. The molecule has 136 valence electrons. The predicted molar refractivity (Wildman–Crippen MR) is 104 cm³/mol. The lowest BCUT2D eigenvalue weighted by Crippen LogP contribution is -2.42. The number of ether oxygens (including phenoxy) is 2. The van der Waals surface area contributed by atoms with E-state index in [0.717, 1.165) is 16.7 Å². The van der Waals surface area contributed by atoms with Crippen LogP contribution >= 0.6 is 0 Å². The van der Waals surface area contributed by atoms with Crippen molar-refractivity contribution in [2.24, 2.45) is 4.99 Å². The van der Waals surface area contributed by atoms with Gasteiger partial charge in [-0.25, -0.2) is 0 Å². The summed E-state index contributed by atoms with van der Waals surface area (Å²) in [7, 11) is 3.17. The molecule has 1 aliphatic carbocycles. The number of fused-ring (bicyclic) bond motifs is 1. The summed E-state index contributed by atoms with van der Waals surface area (Å²) in [5, 5.41) is 2.91. The molecule has 2 aliphatic rings. The van der Waals surface area contributed by atoms with Gasteiger partial charge in [-0.3, -0.25) is 9.79 Å². The van der Waals surface area contributed by atoms with E-state index < -0.39 is 0 Å². The van der Waals surface area contributed by atoms with Crippen molar-refractivity contribution < 1.29 is 14.3 Å². The molecule has 5 nitrogen and oxygen atoms in total. The number of benzene rings is 2. The lowest BCUT2D eigenvalue weighted by molar-refractivity contribution is -0.116. The first kappa shape index (κ1) is 17.1. The van der Waals surface area contributed by atoms with Gasteiger partial charge in [0.2, 0.25) is 0 Å². The van der Waals surface area contributed by atoms with Gasteiger partial charge in [0.1, 0.15) is 11.6 Å². The largest absolute Gasteiger partial charge is 0.497 e. The summed E-state index contributed by atoms with van der Waals surface area (Å²) in [5.41, 5.74) is 3.67. The third-order valence-corrected chi connectivity index (χ3v) is 4.79. The molecule has 1 unspecified atom stereocenters. The standard InChI is InChI=1S/C22H20N2O3/c1-26-19-12-17-18(13-20(19)27-2)23-21(24-22(17)25)16-10-6-9-15(11-16)14-7-4-3-5-8-14/h3-12,18H,13H2,1-2H3,(H,23,24,25). The topological polar surface area (TPSA) is 59.9 Å². The van der Waals surface area contributed by atoms with Gasteiger partial charge in [-0.2, -0.15) is 0 Å². The van der Waals surface area contributed by atoms with Crippen molar-refractivity contribution in [2.45, 2.75) is 12.5 Å². The third-order valence-electron chi connectivity index (χ3n) is 4.79. The van der Waals surface area contributed by atoms with Gasteiger partial charge in [0, 0.05) is 17.6 Å². The van der Waals surface area contributed by atoms with Crippen molar-refractivity contribution in [3.05, 3.63) is 83.3 Å². The molecule has 1 amide bonds. The van der Waals surface area contributed by atoms with Crippen molar-refractivity contribution in [3.63, 3.8) is 0 Å². The van der Waals surface area contributed by atoms with Crippen LogP contribution in [0.4, 0.5) is 0 Å². The van der Waals surface area contributed by atoms with Crippen LogP contribution in [0.1, 0.15) is 12.0 Å². The highest BCUT2D eigenvalue weighted by Crippen LogP contribution is 2.30. The van der Waals surface area contributed by atoms with E-state index in [-0.39, 0.29) is 11.9 Å². The molecule has 0 spiro atoms. The number of nitrogens with one attached hydrogen (secondary N) is 1. The van der Waals surface area contributed by atoms with E-state index in [1.807, 2.05) is 42.5 Å². The second kappa shape index (κ2) is 7.11. The van der Waals surface area contributed by atoms with E-state index in [0.29, 0.717) is 29.3 Å². The summed E-state index contributed by atoms with van der Waals surface area (Å²) in [5.74, 6) is 1.70. The number of methoxy groups -OCH3 is 2. The van der Waals surface area contributed by atoms with Crippen LogP contribution in [0.15, 0.2) is 82.8 Å². The van der Waals surface area contributed by atoms with Gasteiger partial charge >= 0.3 is 0 Å². The second-order valence-corrected chi connectivity index (χ2v) is 6.39. The maximum Gasteiger partial charge on any atom is 0.255 e. The first-order valence-corrected chi connectivity index (χ1v) is 8.77. The highest BCUT2D eigenvalue weighted by Gasteiger charge is 2.33. The monoisotopic (exact) mass is 360 g/mol. The molecule has 1 atom stereocenters. The summed E-state index contributed by atoms with van der Waals surface area (Å²) < 4.78 is 10.7. The van der Waals surface area contributed by atoms with Crippen molar-refractivity contribution in [2.75, 3.05) is 14.2 Å². The Morgan fingerprint density at radius 1 is 0.963 bits per heavy atom. The van der Waals surface area contributed by atoms with Crippen molar-refractivity contribution in [1.82, 2.24) is 5.32 Å². The van der Waals surface area contributed by atoms with Crippen LogP contribution in [0.5, 0.6) is 0 Å². The molecule has 27 heavy (non-hydrogen) atoms. The highest BCUT2D eigenvalue weighted by atomic mass is 16.5. The smallest absolute Gasteiger partial charge is 0.255 e. The Labute approximate surface area is 158 Å². The Morgan fingerprint density at radius 2 is 1.70 bits per heavy atom. The molecule has 0 saturated heterocycles. The maximum absolute atomic E-state index is 12.6. The molecule has 2 aromatic carbocycles. The summed E-state index contributed by atoms with van der Waals surface area (Å²) in [6.45, 7) is 0. The van der Waals surface area contributed by atoms with Gasteiger partial charge in [-0.15, -0.1) is 0 Å². The number of carbonyl (C=O) groups is 1. The number of amides is 1. The van der Waals surface area contributed by atoms with E-state index in [9.17, 15) is 4.79 Å². The molecule has 5 heteroatoms. The Kier molecular flexibility index (Phi) is 4.50. The molecule has 1 heterocycles. The third kappa shape index (κ3) is 3.24. The zero-order valence-electron chi connectivity index (χ0n) is 15.2. The molecule has 0 fully saturated rings. The summed E-state index contributed by atoms with van der Waals surface area (Å²) >= 11 is 0. The molecular formula is C22H20N2O3. The van der Waals surface area contributed by atoms with Crippen LogP contribution in [0.25, 0.3) is 11.1 Å². The zero-order valence-corrected chi connectivity index (χ0v) is 15.2. The number of aliphatic imine (C=N–C) groups is 1. The van der Waals surface area contributed by atoms with Crippen molar-refractivity contribution in [1.29, 1.82) is 0 Å². The zero-order chi connectivity index (χ0) is 18.8. The predicted octanol–water partition coefficient (Wildman–Crippen LogP) is 3.43. The minimum atomic E-state index is -0.275. The number of hydrogen-bond acceptors (Lipinski definition) is 4. The fourth-order valence-electron chi connectivity index (χ4n) is 3.38. The van der Waals surface area contributed by atoms with E-state index in [2.05, 4.69) is 17.4 Å². The molecule has 2 aromatic rings. The van der Waals surface area contributed by atoms with Gasteiger partial charge in [0.15, 0.2) is 5.76 Å². The van der Waals surface area contributed by atoms with Crippen LogP contribution in [0.2, 0.25) is 0 Å². The van der Waals surface area contributed by atoms with E-state index in [1.165, 1.54) is 0 Å². The van der Waals surface area contributed by atoms with Crippen LogP contribution in [-0.2, 0) is 14.3 Å². The van der Waals surface area contributed by atoms with Crippen LogP contribution in [-0.4, -0.2) is 32.0 Å². The normalized spacial score (nSPS) is 18.9. The second-order valence-electron chi connectivity index (χ2n) is 6.39. The number of allylic oxidation sites excluding steroid dienone is 1. The van der Waals surface area contributed by atoms with Crippen LogP contribution < -0.4 is 5.32 Å². The first-order valence-electron chi connectivity index (χ1n) is 8.77. The van der Waals surface area contributed by atoms with E-state index in [1.54, 1.807) is 20.3 Å². The molecule has 1 aliphatic heterocycles. The summed E-state index contributed by atoms with van der Waals surface area (Å²) in [6.07, 6.45) is 2.21. The number of amidine groups is 1. The Bertz CT molecular complexity index is 974. The molecule has 0 bridgehead atoms. The molecule has 1 N–H and O–H groups in total. The Hall–Kier alpha value is -3.34. The van der Waals surface area contributed by atoms with Gasteiger partial charge < -0.3 is 14.8 Å². The van der Waals surface area contributed by atoms with Crippen molar-refractivity contribution in [3.8, 4) is 11.1 Å². The van der Waals surface area contributed by atoms with Gasteiger partial charge in [-0.05, 0) is 23.3 Å². The minimum Gasteiger partial charge on any atom is -0.497 e. The Morgan fingerprint density at radius 3 is 2.44 bits per heavy atom. The number of nitrogens with zero attached hydrogens (tertiary/aromatic N) is 1. The average Bonchev–Trinajstić information content (AvgIpc) is 2.73. The number of hydrogen-bond donors (Lipinski definition) is 1.